The van der Waals surface area contributed by atoms with Crippen molar-refractivity contribution < 1.29 is 0 Å². The Morgan fingerprint density at radius 2 is 2.26 bits per heavy atom. The van der Waals surface area contributed by atoms with Crippen LogP contribution in [-0.2, 0) is 0 Å². The van der Waals surface area contributed by atoms with Gasteiger partial charge in [-0.3, -0.25) is 0 Å². The summed E-state index contributed by atoms with van der Waals surface area (Å²) >= 11 is 3.10. The van der Waals surface area contributed by atoms with E-state index in [2.05, 4.69) is 27.0 Å². The summed E-state index contributed by atoms with van der Waals surface area (Å²) in [4.78, 5) is 4.54. The van der Waals surface area contributed by atoms with Gasteiger partial charge in [0.2, 0.25) is 0 Å². The molecule has 0 aliphatic heterocycles. The molecule has 0 spiro atoms. The molecule has 1 aliphatic rings. The molecule has 0 unspecified atom stereocenters. The van der Waals surface area contributed by atoms with Gasteiger partial charge in [-0.1, -0.05) is 6.92 Å². The minimum absolute atomic E-state index is 0.249. The summed E-state index contributed by atoms with van der Waals surface area (Å²) in [6.07, 6.45) is 4.91. The topological polar surface area (TPSA) is 63.8 Å². The molecule has 2 aromatic heterocycles. The number of aryl methyl sites for hydroxylation is 1. The largest absolute Gasteiger partial charge is 0.382 e. The molecule has 3 rings (SSSR count). The molecule has 0 radical (unpaired) electrons. The van der Waals surface area contributed by atoms with Gasteiger partial charge in [0, 0.05) is 10.9 Å². The number of hydrogen-bond acceptors (Lipinski definition) is 6. The number of aromatic nitrogens is 2. The maximum Gasteiger partial charge on any atom is 0.148 e. The third-order valence-corrected chi connectivity index (χ3v) is 5.51. The number of hydrogen-bond donors (Lipinski definition) is 2. The molecule has 2 aromatic rings. The second-order valence-electron chi connectivity index (χ2n) is 5.14. The highest BCUT2D eigenvalue weighted by atomic mass is 32.1. The van der Waals surface area contributed by atoms with Crippen LogP contribution in [0.5, 0.6) is 0 Å². The average Bonchev–Trinajstić information content (AvgIpc) is 2.90. The summed E-state index contributed by atoms with van der Waals surface area (Å²) in [5, 5.41) is 7.86. The summed E-state index contributed by atoms with van der Waals surface area (Å²) in [5.41, 5.74) is 8.20. The van der Waals surface area contributed by atoms with Gasteiger partial charge in [0.25, 0.3) is 0 Å². The summed E-state index contributed by atoms with van der Waals surface area (Å²) in [7, 11) is 0. The first-order valence-electron chi connectivity index (χ1n) is 6.59. The van der Waals surface area contributed by atoms with Crippen LogP contribution >= 0.6 is 22.9 Å². The van der Waals surface area contributed by atoms with Crippen molar-refractivity contribution in [2.75, 3.05) is 11.1 Å². The standard InChI is InChI=1S/C13H18N4S2/c1-3-13(5-4-6-13)16-12-10(11(14)17-19-12)9-7-18-8(2)15-9/h7,16H,3-6H2,1-2H3,(H2,14,17). The lowest BCUT2D eigenvalue weighted by atomic mass is 9.75. The number of nitrogens with one attached hydrogen (secondary N) is 1. The van der Waals surface area contributed by atoms with Crippen LogP contribution < -0.4 is 11.1 Å². The molecule has 0 amide bonds. The lowest BCUT2D eigenvalue weighted by molar-refractivity contribution is 0.270. The van der Waals surface area contributed by atoms with Crippen LogP contribution in [0, 0.1) is 6.92 Å². The van der Waals surface area contributed by atoms with Crippen LogP contribution in [0.4, 0.5) is 10.8 Å². The maximum absolute atomic E-state index is 6.03. The molecule has 0 atom stereocenters. The van der Waals surface area contributed by atoms with Crippen molar-refractivity contribution in [3.8, 4) is 11.3 Å². The highest BCUT2D eigenvalue weighted by Crippen LogP contribution is 2.44. The van der Waals surface area contributed by atoms with Gasteiger partial charge in [-0.2, -0.15) is 4.37 Å². The number of nitrogens with two attached hydrogens (primary N) is 1. The Morgan fingerprint density at radius 1 is 1.47 bits per heavy atom. The van der Waals surface area contributed by atoms with Gasteiger partial charge < -0.3 is 11.1 Å². The van der Waals surface area contributed by atoms with E-state index in [-0.39, 0.29) is 5.54 Å². The Balaban J connectivity index is 1.94. The highest BCUT2D eigenvalue weighted by Gasteiger charge is 2.36. The average molecular weight is 294 g/mol. The quantitative estimate of drug-likeness (QED) is 0.897. The second-order valence-corrected chi connectivity index (χ2v) is 6.97. The fourth-order valence-electron chi connectivity index (χ4n) is 2.52. The van der Waals surface area contributed by atoms with E-state index in [1.165, 1.54) is 30.8 Å². The van der Waals surface area contributed by atoms with E-state index in [0.29, 0.717) is 5.82 Å². The van der Waals surface area contributed by atoms with E-state index in [1.54, 1.807) is 11.3 Å². The van der Waals surface area contributed by atoms with Crippen molar-refractivity contribution in [1.29, 1.82) is 0 Å². The molecule has 1 fully saturated rings. The van der Waals surface area contributed by atoms with Crippen LogP contribution in [0.2, 0.25) is 0 Å². The van der Waals surface area contributed by atoms with Crippen molar-refractivity contribution in [2.45, 2.75) is 45.1 Å². The van der Waals surface area contributed by atoms with Crippen molar-refractivity contribution in [1.82, 2.24) is 9.36 Å². The van der Waals surface area contributed by atoms with Gasteiger partial charge in [-0.25, -0.2) is 4.98 Å². The minimum Gasteiger partial charge on any atom is -0.382 e. The molecule has 6 heteroatoms. The van der Waals surface area contributed by atoms with Gasteiger partial charge in [0.1, 0.15) is 10.8 Å². The molecule has 3 N–H and O–H groups in total. The summed E-state index contributed by atoms with van der Waals surface area (Å²) in [6.45, 7) is 4.25. The third-order valence-electron chi connectivity index (χ3n) is 3.96. The molecule has 0 bridgehead atoms. The van der Waals surface area contributed by atoms with Gasteiger partial charge >= 0.3 is 0 Å². The van der Waals surface area contributed by atoms with Crippen molar-refractivity contribution in [3.63, 3.8) is 0 Å². The van der Waals surface area contributed by atoms with Gasteiger partial charge in [-0.15, -0.1) is 11.3 Å². The molecule has 4 nitrogen and oxygen atoms in total. The van der Waals surface area contributed by atoms with Crippen molar-refractivity contribution in [3.05, 3.63) is 10.4 Å². The molecular formula is C13H18N4S2. The SMILES string of the molecule is CCC1(Nc2snc(N)c2-c2csc(C)n2)CCC1. The molecular weight excluding hydrogens is 276 g/mol. The van der Waals surface area contributed by atoms with Gasteiger partial charge in [0.15, 0.2) is 0 Å². The molecule has 19 heavy (non-hydrogen) atoms. The lowest BCUT2D eigenvalue weighted by Gasteiger charge is -2.42. The molecule has 102 valence electrons. The first-order valence-corrected chi connectivity index (χ1v) is 8.25. The van der Waals surface area contributed by atoms with Crippen molar-refractivity contribution >= 4 is 33.7 Å². The van der Waals surface area contributed by atoms with Crippen LogP contribution in [-0.4, -0.2) is 14.9 Å². The zero-order valence-electron chi connectivity index (χ0n) is 11.2. The third kappa shape index (κ3) is 2.23. The number of rotatable bonds is 4. The number of nitrogens with zero attached hydrogens (tertiary/aromatic N) is 2. The van der Waals surface area contributed by atoms with Crippen LogP contribution in [0.15, 0.2) is 5.38 Å². The summed E-state index contributed by atoms with van der Waals surface area (Å²) in [5.74, 6) is 0.586. The fourth-order valence-corrected chi connectivity index (χ4v) is 3.97. The van der Waals surface area contributed by atoms with Gasteiger partial charge in [0.05, 0.1) is 16.3 Å². The van der Waals surface area contributed by atoms with E-state index in [9.17, 15) is 0 Å². The van der Waals surface area contributed by atoms with E-state index in [4.69, 9.17) is 5.73 Å². The Morgan fingerprint density at radius 3 is 2.79 bits per heavy atom. The lowest BCUT2D eigenvalue weighted by Crippen LogP contribution is -2.44. The van der Waals surface area contributed by atoms with E-state index < -0.39 is 0 Å². The number of thiazole rings is 1. The predicted octanol–water partition coefficient (Wildman–Crippen LogP) is 3.90. The number of anilines is 2. The molecule has 1 saturated carbocycles. The Labute approximate surface area is 121 Å². The van der Waals surface area contributed by atoms with Crippen molar-refractivity contribution in [2.24, 2.45) is 0 Å². The van der Waals surface area contributed by atoms with Crippen LogP contribution in [0.3, 0.4) is 0 Å². The van der Waals surface area contributed by atoms with E-state index in [1.807, 2.05) is 6.92 Å². The van der Waals surface area contributed by atoms with Crippen LogP contribution in [0.25, 0.3) is 11.3 Å². The second kappa shape index (κ2) is 4.76. The normalized spacial score (nSPS) is 17.2. The zero-order valence-corrected chi connectivity index (χ0v) is 12.8. The van der Waals surface area contributed by atoms with Crippen LogP contribution in [0.1, 0.15) is 37.6 Å². The predicted molar refractivity (Wildman–Crippen MR) is 82.9 cm³/mol. The Hall–Kier alpha value is -1.14. The molecule has 0 aromatic carbocycles. The minimum atomic E-state index is 0.249. The number of nitrogen functional groups attached to an aromatic ring is 1. The molecule has 0 saturated heterocycles. The van der Waals surface area contributed by atoms with E-state index in [0.717, 1.165) is 27.7 Å². The highest BCUT2D eigenvalue weighted by molar-refractivity contribution is 7.11. The van der Waals surface area contributed by atoms with E-state index >= 15 is 0 Å². The summed E-state index contributed by atoms with van der Waals surface area (Å²) < 4.78 is 4.30. The van der Waals surface area contributed by atoms with Gasteiger partial charge in [-0.05, 0) is 44.1 Å². The first kappa shape index (κ1) is 12.9. The maximum atomic E-state index is 6.03. The zero-order chi connectivity index (χ0) is 13.5. The first-order chi connectivity index (χ1) is 9.13. The fraction of sp³-hybridized carbons (Fsp3) is 0.538. The molecule has 1 aliphatic carbocycles. The summed E-state index contributed by atoms with van der Waals surface area (Å²) in [6, 6.07) is 0. The Bertz CT molecular complexity index is 578. The monoisotopic (exact) mass is 294 g/mol. The Kier molecular flexibility index (Phi) is 3.22. The smallest absolute Gasteiger partial charge is 0.148 e. The molecule has 2 heterocycles.